The first-order valence-corrected chi connectivity index (χ1v) is 5.63. The fourth-order valence-corrected chi connectivity index (χ4v) is 2.23. The number of fused-ring (bicyclic) bond motifs is 2. The molecule has 0 spiro atoms. The first-order chi connectivity index (χ1) is 9.09. The van der Waals surface area contributed by atoms with Gasteiger partial charge in [0.2, 0.25) is 0 Å². The number of carbonyl (C=O) groups excluding carboxylic acids is 3. The Bertz CT molecular complexity index is 749. The van der Waals surface area contributed by atoms with E-state index in [0.717, 1.165) is 0 Å². The molecule has 0 fully saturated rings. The zero-order valence-corrected chi connectivity index (χ0v) is 11.5. The largest absolute Gasteiger partial charge is 1.00 e. The second-order valence-electron chi connectivity index (χ2n) is 4.25. The average molecular weight is 359 g/mol. The maximum Gasteiger partial charge on any atom is 1.00 e. The summed E-state index contributed by atoms with van der Waals surface area (Å²) in [6, 6.07) is 10.3. The zero-order chi connectivity index (χ0) is 13.6. The summed E-state index contributed by atoms with van der Waals surface area (Å²) in [5, 5.41) is 10.8. The summed E-state index contributed by atoms with van der Waals surface area (Å²) in [6.45, 7) is 0. The Morgan fingerprint density at radius 1 is 0.800 bits per heavy atom. The third-order valence-corrected chi connectivity index (χ3v) is 3.16. The van der Waals surface area contributed by atoms with Gasteiger partial charge in [-0.2, -0.15) is 0 Å². The van der Waals surface area contributed by atoms with Crippen molar-refractivity contribution in [2.75, 3.05) is 0 Å². The number of carboxylic acid groups (broad SMARTS) is 1. The predicted octanol–water partition coefficient (Wildman–Crippen LogP) is 0.823. The molecule has 0 unspecified atom stereocenters. The van der Waals surface area contributed by atoms with Gasteiger partial charge in [-0.15, -0.1) is 0 Å². The minimum atomic E-state index is -1.37. The Kier molecular flexibility index (Phi) is 3.72. The van der Waals surface area contributed by atoms with Crippen LogP contribution in [0.25, 0.3) is 0 Å². The average Bonchev–Trinajstić information content (AvgIpc) is 2.44. The molecule has 0 saturated heterocycles. The van der Waals surface area contributed by atoms with Gasteiger partial charge in [0.15, 0.2) is 11.6 Å². The molecule has 2 aromatic rings. The van der Waals surface area contributed by atoms with Gasteiger partial charge in [-0.25, -0.2) is 0 Å². The molecule has 4 nitrogen and oxygen atoms in total. The van der Waals surface area contributed by atoms with Crippen molar-refractivity contribution in [2.24, 2.45) is 0 Å². The second-order valence-corrected chi connectivity index (χ2v) is 4.25. The molecule has 20 heavy (non-hydrogen) atoms. The summed E-state index contributed by atoms with van der Waals surface area (Å²) >= 11 is 0. The first-order valence-electron chi connectivity index (χ1n) is 5.63. The number of carboxylic acids is 1. The fraction of sp³-hybridized carbons (Fsp3) is 0. The van der Waals surface area contributed by atoms with Crippen LogP contribution < -0.4 is 5.11 Å². The summed E-state index contributed by atoms with van der Waals surface area (Å²) in [4.78, 5) is 35.3. The Balaban J connectivity index is 0.00000147. The second kappa shape index (κ2) is 5.17. The van der Waals surface area contributed by atoms with E-state index in [9.17, 15) is 19.5 Å². The van der Waals surface area contributed by atoms with Gasteiger partial charge in [-0.1, -0.05) is 30.3 Å². The van der Waals surface area contributed by atoms with Gasteiger partial charge >= 0.3 is 22.4 Å². The van der Waals surface area contributed by atoms with Crippen LogP contribution >= 0.6 is 0 Å². The SMILES string of the molecule is O=C([O-])c1ccc2c(c1)C(=O)c1ccccc1C2=O.[Ag+]. The molecule has 102 valence electrons. The molecule has 0 aliphatic heterocycles. The van der Waals surface area contributed by atoms with Crippen LogP contribution in [0.1, 0.15) is 42.2 Å². The smallest absolute Gasteiger partial charge is 0.545 e. The maximum absolute atomic E-state index is 12.3. The van der Waals surface area contributed by atoms with Crippen LogP contribution in [-0.2, 0) is 22.4 Å². The van der Waals surface area contributed by atoms with E-state index in [2.05, 4.69) is 0 Å². The summed E-state index contributed by atoms with van der Waals surface area (Å²) in [6.07, 6.45) is 0. The van der Waals surface area contributed by atoms with Crippen LogP contribution in [-0.4, -0.2) is 17.5 Å². The monoisotopic (exact) mass is 358 g/mol. The van der Waals surface area contributed by atoms with Crippen molar-refractivity contribution < 1.29 is 41.9 Å². The van der Waals surface area contributed by atoms with Gasteiger partial charge in [-0.05, 0) is 17.7 Å². The Labute approximate surface area is 129 Å². The van der Waals surface area contributed by atoms with Gasteiger partial charge in [0.25, 0.3) is 0 Å². The number of benzene rings is 2. The molecule has 1 aliphatic rings. The summed E-state index contributed by atoms with van der Waals surface area (Å²) in [5.74, 6) is -1.98. The van der Waals surface area contributed by atoms with Gasteiger partial charge in [0.05, 0.1) is 5.97 Å². The number of hydrogen-bond acceptors (Lipinski definition) is 4. The molecular weight excluding hydrogens is 352 g/mol. The van der Waals surface area contributed by atoms with Crippen LogP contribution in [0.4, 0.5) is 0 Å². The molecule has 0 N–H and O–H groups in total. The van der Waals surface area contributed by atoms with Crippen molar-refractivity contribution >= 4 is 17.5 Å². The van der Waals surface area contributed by atoms with E-state index in [0.29, 0.717) is 11.1 Å². The number of ketones is 2. The molecule has 5 heteroatoms. The number of rotatable bonds is 1. The molecule has 0 atom stereocenters. The van der Waals surface area contributed by atoms with Crippen molar-refractivity contribution in [3.63, 3.8) is 0 Å². The number of hydrogen-bond donors (Lipinski definition) is 0. The normalized spacial score (nSPS) is 12.2. The van der Waals surface area contributed by atoms with Crippen molar-refractivity contribution in [2.45, 2.75) is 0 Å². The summed E-state index contributed by atoms with van der Waals surface area (Å²) < 4.78 is 0. The summed E-state index contributed by atoms with van der Waals surface area (Å²) in [7, 11) is 0. The minimum Gasteiger partial charge on any atom is -0.545 e. The molecule has 0 heterocycles. The van der Waals surface area contributed by atoms with E-state index in [4.69, 9.17) is 0 Å². The molecule has 2 aromatic carbocycles. The zero-order valence-electron chi connectivity index (χ0n) is 9.98. The van der Waals surface area contributed by atoms with Crippen LogP contribution in [0.2, 0.25) is 0 Å². The van der Waals surface area contributed by atoms with E-state index >= 15 is 0 Å². The Morgan fingerprint density at radius 3 is 1.85 bits per heavy atom. The van der Waals surface area contributed by atoms with Crippen molar-refractivity contribution in [3.05, 3.63) is 70.3 Å². The Morgan fingerprint density at radius 2 is 1.30 bits per heavy atom. The van der Waals surface area contributed by atoms with E-state index in [1.807, 2.05) is 0 Å². The third kappa shape index (κ3) is 2.04. The maximum atomic E-state index is 12.3. The summed E-state index contributed by atoms with van der Waals surface area (Å²) in [5.41, 5.74) is 0.884. The molecule has 0 amide bonds. The van der Waals surface area contributed by atoms with Gasteiger partial charge in [-0.3, -0.25) is 9.59 Å². The fourth-order valence-electron chi connectivity index (χ4n) is 2.23. The first kappa shape index (κ1) is 14.4. The third-order valence-electron chi connectivity index (χ3n) is 3.16. The van der Waals surface area contributed by atoms with Crippen molar-refractivity contribution in [1.82, 2.24) is 0 Å². The van der Waals surface area contributed by atoms with Crippen molar-refractivity contribution in [3.8, 4) is 0 Å². The van der Waals surface area contributed by atoms with Crippen LogP contribution in [0.15, 0.2) is 42.5 Å². The van der Waals surface area contributed by atoms with Gasteiger partial charge < -0.3 is 9.90 Å². The van der Waals surface area contributed by atoms with Gasteiger partial charge in [0.1, 0.15) is 0 Å². The standard InChI is InChI=1S/C15H8O4.Ag/c16-13-9-3-1-2-4-10(9)14(17)12-7-8(15(18)19)5-6-11(12)13;/h1-7H,(H,18,19);/q;+1/p-1. The molecule has 0 saturated carbocycles. The Hall–Kier alpha value is -2.01. The van der Waals surface area contributed by atoms with Crippen LogP contribution in [0.3, 0.4) is 0 Å². The molecule has 0 radical (unpaired) electrons. The van der Waals surface area contributed by atoms with E-state index < -0.39 is 5.97 Å². The number of aromatic carboxylic acids is 1. The molecule has 0 bridgehead atoms. The molecule has 3 rings (SSSR count). The van der Waals surface area contributed by atoms with E-state index in [-0.39, 0.29) is 50.6 Å². The van der Waals surface area contributed by atoms with Crippen LogP contribution in [0.5, 0.6) is 0 Å². The topological polar surface area (TPSA) is 74.3 Å². The van der Waals surface area contributed by atoms with Crippen LogP contribution in [0, 0.1) is 0 Å². The van der Waals surface area contributed by atoms with E-state index in [1.165, 1.54) is 18.2 Å². The van der Waals surface area contributed by atoms with Crippen molar-refractivity contribution in [1.29, 1.82) is 0 Å². The van der Waals surface area contributed by atoms with Gasteiger partial charge in [0, 0.05) is 22.3 Å². The quantitative estimate of drug-likeness (QED) is 0.603. The molecular formula is C15H7AgO4. The van der Waals surface area contributed by atoms with E-state index in [1.54, 1.807) is 24.3 Å². The molecule has 1 aliphatic carbocycles. The predicted molar refractivity (Wildman–Crippen MR) is 64.1 cm³/mol. The number of carbonyl (C=O) groups is 3. The molecule has 0 aromatic heterocycles. The minimum absolute atomic E-state index is 0.